The predicted octanol–water partition coefficient (Wildman–Crippen LogP) is 5.79. The molecule has 1 aliphatic carbocycles. The maximum atomic E-state index is 16.0. The highest BCUT2D eigenvalue weighted by molar-refractivity contribution is 5.91. The van der Waals surface area contributed by atoms with E-state index in [9.17, 15) is 14.4 Å². The van der Waals surface area contributed by atoms with Crippen LogP contribution in [0.15, 0.2) is 30.4 Å². The summed E-state index contributed by atoms with van der Waals surface area (Å²) in [6.45, 7) is 12.6. The number of carbonyl (C=O) groups is 3. The first kappa shape index (κ1) is 35.3. The first-order chi connectivity index (χ1) is 22.4. The van der Waals surface area contributed by atoms with Gasteiger partial charge < -0.3 is 29.2 Å². The molecule has 1 aromatic carbocycles. The summed E-state index contributed by atoms with van der Waals surface area (Å²) >= 11 is 0. The Balaban J connectivity index is 1.61. The second-order valence-electron chi connectivity index (χ2n) is 14.9. The Morgan fingerprint density at radius 2 is 1.92 bits per heavy atom. The molecule has 5 rings (SSSR count). The molecule has 2 fully saturated rings. The lowest BCUT2D eigenvalue weighted by Gasteiger charge is -2.35. The van der Waals surface area contributed by atoms with Crippen LogP contribution in [0.4, 0.5) is 13.6 Å². The number of allylic oxidation sites excluding steroid dienone is 2. The molecule has 2 amide bonds. The van der Waals surface area contributed by atoms with E-state index in [2.05, 4.69) is 15.3 Å². The number of esters is 1. The van der Waals surface area contributed by atoms with E-state index >= 15 is 8.78 Å². The van der Waals surface area contributed by atoms with Crippen LogP contribution < -0.4 is 14.8 Å². The van der Waals surface area contributed by atoms with Crippen LogP contribution in [0.5, 0.6) is 11.6 Å². The van der Waals surface area contributed by atoms with Crippen molar-refractivity contribution in [2.24, 2.45) is 23.2 Å². The summed E-state index contributed by atoms with van der Waals surface area (Å²) in [5.41, 5.74) is -1.79. The zero-order valence-electron chi connectivity index (χ0n) is 28.8. The average molecular weight is 673 g/mol. The number of methoxy groups -OCH3 is 1. The van der Waals surface area contributed by atoms with E-state index in [1.165, 1.54) is 18.1 Å². The number of aromatic nitrogens is 2. The number of carbonyl (C=O) groups excluding carboxylic acids is 3. The number of alkyl carbamates (subject to hydrolysis) is 1. The van der Waals surface area contributed by atoms with Gasteiger partial charge in [-0.1, -0.05) is 47.6 Å². The van der Waals surface area contributed by atoms with Gasteiger partial charge in [0.05, 0.1) is 31.3 Å². The molecule has 48 heavy (non-hydrogen) atoms. The van der Waals surface area contributed by atoms with E-state index in [1.807, 2.05) is 13.8 Å². The predicted molar refractivity (Wildman–Crippen MR) is 173 cm³/mol. The van der Waals surface area contributed by atoms with Crippen molar-refractivity contribution in [3.05, 3.63) is 36.0 Å². The minimum atomic E-state index is -3.57. The van der Waals surface area contributed by atoms with Crippen LogP contribution in [0, 0.1) is 23.2 Å². The van der Waals surface area contributed by atoms with Gasteiger partial charge in [0.1, 0.15) is 29.5 Å². The van der Waals surface area contributed by atoms with Crippen molar-refractivity contribution in [1.82, 2.24) is 20.2 Å². The topological polar surface area (TPSA) is 129 Å². The van der Waals surface area contributed by atoms with Gasteiger partial charge in [-0.15, -0.1) is 0 Å². The molecular formula is C35H46F2N4O7. The van der Waals surface area contributed by atoms with Crippen molar-refractivity contribution in [2.75, 3.05) is 20.3 Å². The molecule has 0 unspecified atom stereocenters. The molecule has 1 saturated heterocycles. The Morgan fingerprint density at radius 3 is 2.58 bits per heavy atom. The molecule has 1 aromatic heterocycles. The van der Waals surface area contributed by atoms with E-state index in [0.717, 1.165) is 6.08 Å². The molecular weight excluding hydrogens is 626 g/mol. The first-order valence-electron chi connectivity index (χ1n) is 16.5. The fourth-order valence-corrected chi connectivity index (χ4v) is 6.34. The third-order valence-corrected chi connectivity index (χ3v) is 9.36. The van der Waals surface area contributed by atoms with Gasteiger partial charge in [0.15, 0.2) is 5.69 Å². The van der Waals surface area contributed by atoms with E-state index < -0.39 is 70.6 Å². The van der Waals surface area contributed by atoms with Gasteiger partial charge in [-0.2, -0.15) is 8.78 Å². The number of benzene rings is 1. The number of hydrogen-bond acceptors (Lipinski definition) is 9. The van der Waals surface area contributed by atoms with Crippen molar-refractivity contribution in [3.8, 4) is 11.6 Å². The minimum absolute atomic E-state index is 0.0265. The van der Waals surface area contributed by atoms with Crippen molar-refractivity contribution in [1.29, 1.82) is 0 Å². The fourth-order valence-electron chi connectivity index (χ4n) is 6.34. The summed E-state index contributed by atoms with van der Waals surface area (Å²) in [7, 11) is 1.48. The van der Waals surface area contributed by atoms with Gasteiger partial charge in [-0.3, -0.25) is 4.79 Å². The third-order valence-electron chi connectivity index (χ3n) is 9.36. The number of hydrogen-bond donors (Lipinski definition) is 1. The molecule has 3 heterocycles. The quantitative estimate of drug-likeness (QED) is 0.317. The molecule has 2 aromatic rings. The summed E-state index contributed by atoms with van der Waals surface area (Å²) in [5, 5.41) is 2.77. The largest absolute Gasteiger partial charge is 0.497 e. The molecule has 1 N–H and O–H groups in total. The van der Waals surface area contributed by atoms with Crippen LogP contribution in [0.25, 0.3) is 11.0 Å². The summed E-state index contributed by atoms with van der Waals surface area (Å²) in [4.78, 5) is 51.3. The molecule has 2 bridgehead atoms. The van der Waals surface area contributed by atoms with Crippen molar-refractivity contribution < 1.29 is 42.1 Å². The van der Waals surface area contributed by atoms with Crippen LogP contribution in [0.1, 0.15) is 73.4 Å². The van der Waals surface area contributed by atoms with Crippen molar-refractivity contribution in [3.63, 3.8) is 0 Å². The fraction of sp³-hybridized carbons (Fsp3) is 0.629. The molecule has 3 aliphatic rings. The van der Waals surface area contributed by atoms with Gasteiger partial charge in [0.2, 0.25) is 11.8 Å². The summed E-state index contributed by atoms with van der Waals surface area (Å²) < 4.78 is 54.9. The molecule has 1 saturated carbocycles. The highest BCUT2D eigenvalue weighted by Gasteiger charge is 2.55. The smallest absolute Gasteiger partial charge is 0.408 e. The zero-order valence-corrected chi connectivity index (χ0v) is 28.8. The van der Waals surface area contributed by atoms with Crippen molar-refractivity contribution in [2.45, 2.75) is 97.4 Å². The second-order valence-corrected chi connectivity index (χ2v) is 14.9. The van der Waals surface area contributed by atoms with Gasteiger partial charge in [-0.05, 0) is 55.7 Å². The van der Waals surface area contributed by atoms with E-state index in [4.69, 9.17) is 18.9 Å². The molecule has 0 radical (unpaired) electrons. The maximum absolute atomic E-state index is 16.0. The van der Waals surface area contributed by atoms with Gasteiger partial charge >= 0.3 is 18.0 Å². The number of rotatable bonds is 4. The highest BCUT2D eigenvalue weighted by Crippen LogP contribution is 2.50. The van der Waals surface area contributed by atoms with Gasteiger partial charge in [0.25, 0.3) is 0 Å². The minimum Gasteiger partial charge on any atom is -0.497 e. The summed E-state index contributed by atoms with van der Waals surface area (Å²) in [6, 6.07) is 2.49. The Hall–Kier alpha value is -4.03. The lowest BCUT2D eigenvalue weighted by molar-refractivity contribution is -0.156. The van der Waals surface area contributed by atoms with Crippen LogP contribution >= 0.6 is 0 Å². The standard InChI is InChI=1S/C35H46F2N4O7/c1-19(2)18-46-31(43)26-20(3)25-17-41(26)30(42)28(33(4,5)6)40-32(44)48-34(7)16-21(34)11-9-10-14-35(36,37)27-29(47-25)39-24-15-22(45-8)12-13-23(24)38-27/h10,12-15,19-21,25-26,28H,9,11,16-18H2,1-8H3,(H,40,44)/b14-10+/t20-,21+,25+,26+,28-,34+/m1/s1. The van der Waals surface area contributed by atoms with Crippen LogP contribution in [0.2, 0.25) is 0 Å². The third kappa shape index (κ3) is 7.34. The Kier molecular flexibility index (Phi) is 9.64. The number of alkyl halides is 2. The van der Waals surface area contributed by atoms with Crippen molar-refractivity contribution >= 4 is 29.0 Å². The number of amides is 2. The lowest BCUT2D eigenvalue weighted by Crippen LogP contribution is -2.57. The number of nitrogens with zero attached hydrogens (tertiary/aromatic N) is 3. The normalized spacial score (nSPS) is 29.8. The van der Waals surface area contributed by atoms with E-state index in [0.29, 0.717) is 25.0 Å². The summed E-state index contributed by atoms with van der Waals surface area (Å²) in [6.07, 6.45) is 1.84. The second kappa shape index (κ2) is 13.1. The number of halogens is 2. The molecule has 11 nitrogen and oxygen atoms in total. The maximum Gasteiger partial charge on any atom is 0.408 e. The molecule has 262 valence electrons. The molecule has 6 atom stereocenters. The monoisotopic (exact) mass is 672 g/mol. The van der Waals surface area contributed by atoms with Crippen LogP contribution in [0.3, 0.4) is 0 Å². The Labute approximate surface area is 279 Å². The highest BCUT2D eigenvalue weighted by atomic mass is 19.3. The first-order valence-corrected chi connectivity index (χ1v) is 16.5. The lowest BCUT2D eigenvalue weighted by atomic mass is 9.85. The number of ether oxygens (including phenoxy) is 4. The van der Waals surface area contributed by atoms with E-state index in [1.54, 1.807) is 52.8 Å². The number of nitrogens with one attached hydrogen (secondary N) is 1. The van der Waals surface area contributed by atoms with Crippen LogP contribution in [-0.2, 0) is 25.0 Å². The average Bonchev–Trinajstić information content (AvgIpc) is 3.52. The molecule has 13 heteroatoms. The molecule has 2 aliphatic heterocycles. The molecule has 0 spiro atoms. The van der Waals surface area contributed by atoms with Crippen LogP contribution in [-0.4, -0.2) is 76.9 Å². The van der Waals surface area contributed by atoms with Gasteiger partial charge in [-0.25, -0.2) is 19.6 Å². The Morgan fingerprint density at radius 1 is 1.19 bits per heavy atom. The summed E-state index contributed by atoms with van der Waals surface area (Å²) in [5.74, 6) is -5.48. The zero-order chi connectivity index (χ0) is 35.2. The van der Waals surface area contributed by atoms with Gasteiger partial charge in [0, 0.05) is 17.9 Å². The van der Waals surface area contributed by atoms with E-state index in [-0.39, 0.29) is 36.0 Å². The Bertz CT molecular complexity index is 1590. The SMILES string of the molecule is COc1ccc2nc3c(nc2c1)O[C@H]1CN(C(=O)[C@H](C(C)(C)C)NC(=O)O[C@@]2(C)C[C@@H]2CC/C=C/C3(F)F)[C@H](C(=O)OCC(C)C)[C@@H]1C. The number of fused-ring (bicyclic) bond motifs is 5.